The van der Waals surface area contributed by atoms with Gasteiger partial charge in [-0.25, -0.2) is 16.4 Å². The van der Waals surface area contributed by atoms with E-state index in [2.05, 4.69) is 55.4 Å². The molecule has 0 aromatic carbocycles. The largest absolute Gasteiger partial charge is 3.00 e. The van der Waals surface area contributed by atoms with E-state index in [0.29, 0.717) is 0 Å². The molecule has 3 heteroatoms. The third-order valence-corrected chi connectivity index (χ3v) is 6.65. The van der Waals surface area contributed by atoms with Gasteiger partial charge in [0.15, 0.2) is 0 Å². The molecule has 0 atom stereocenters. The van der Waals surface area contributed by atoms with Gasteiger partial charge in [0, 0.05) is 0 Å². The molecule has 0 aliphatic carbocycles. The van der Waals surface area contributed by atoms with Crippen LogP contribution < -0.4 is 0 Å². The summed E-state index contributed by atoms with van der Waals surface area (Å²) in [6.07, 6.45) is 0. The zero-order valence-corrected chi connectivity index (χ0v) is 17.1. The van der Waals surface area contributed by atoms with Crippen LogP contribution in [0.2, 0.25) is 0 Å². The molecule has 0 radical (unpaired) electrons. The smallest absolute Gasteiger partial charge is 1.00 e. The molecule has 0 bridgehead atoms. The van der Waals surface area contributed by atoms with Crippen molar-refractivity contribution >= 4 is 16.4 Å². The Morgan fingerprint density at radius 2 is 0.947 bits per heavy atom. The summed E-state index contributed by atoms with van der Waals surface area (Å²) in [7, 11) is 2.87. The summed E-state index contributed by atoms with van der Waals surface area (Å²) < 4.78 is 0. The maximum Gasteiger partial charge on any atom is 3.00 e. The van der Waals surface area contributed by atoms with Crippen molar-refractivity contribution in [1.29, 1.82) is 0 Å². The predicted octanol–water partition coefficient (Wildman–Crippen LogP) is 6.55. The van der Waals surface area contributed by atoms with E-state index < -0.39 is 0 Å². The Morgan fingerprint density at radius 1 is 0.684 bits per heavy atom. The van der Waals surface area contributed by atoms with Gasteiger partial charge < -0.3 is 1.43 Å². The summed E-state index contributed by atoms with van der Waals surface area (Å²) in [5.41, 5.74) is 5.98. The molecule has 0 saturated carbocycles. The van der Waals surface area contributed by atoms with Gasteiger partial charge in [-0.15, -0.1) is 10.6 Å². The van der Waals surface area contributed by atoms with E-state index in [-0.39, 0.29) is 27.3 Å². The molecular weight excluding hydrogens is 299 g/mol. The van der Waals surface area contributed by atoms with E-state index in [0.717, 1.165) is 0 Å². The van der Waals surface area contributed by atoms with Crippen molar-refractivity contribution < 1.29 is 27.3 Å². The van der Waals surface area contributed by atoms with Crippen LogP contribution in [0.3, 0.4) is 0 Å². The van der Waals surface area contributed by atoms with Crippen LogP contribution in [-0.4, -0.2) is 0 Å². The second-order valence-corrected chi connectivity index (χ2v) is 8.20. The standard InChI is InChI=1S/2C8H12P.Sc.H/c2*1-5-6(2)8(4)9-7(5)3;;/h2*1-4H3;;/q2*-1;+3;-1. The molecule has 2 aromatic rings. The van der Waals surface area contributed by atoms with Crippen molar-refractivity contribution in [2.75, 3.05) is 0 Å². The van der Waals surface area contributed by atoms with Gasteiger partial charge in [-0.3, -0.25) is 0 Å². The molecule has 0 N–H and O–H groups in total. The van der Waals surface area contributed by atoms with Crippen molar-refractivity contribution in [1.82, 2.24) is 0 Å². The summed E-state index contributed by atoms with van der Waals surface area (Å²) in [4.78, 5) is 0. The molecule has 0 unspecified atom stereocenters. The van der Waals surface area contributed by atoms with Gasteiger partial charge in [0.2, 0.25) is 0 Å². The summed E-state index contributed by atoms with van der Waals surface area (Å²) in [6, 6.07) is 0. The second kappa shape index (κ2) is 8.02. The molecule has 2 aromatic heterocycles. The predicted molar refractivity (Wildman–Crippen MR) is 88.1 cm³/mol. The number of rotatable bonds is 0. The molecule has 2 rings (SSSR count). The van der Waals surface area contributed by atoms with Gasteiger partial charge >= 0.3 is 25.8 Å². The molecule has 0 spiro atoms. The minimum absolute atomic E-state index is 0. The van der Waals surface area contributed by atoms with Crippen LogP contribution in [0.15, 0.2) is 0 Å². The van der Waals surface area contributed by atoms with Crippen LogP contribution in [0.5, 0.6) is 0 Å². The monoisotopic (exact) mass is 324 g/mol. The van der Waals surface area contributed by atoms with E-state index in [9.17, 15) is 0 Å². The van der Waals surface area contributed by atoms with E-state index in [1.807, 2.05) is 0 Å². The van der Waals surface area contributed by atoms with Crippen molar-refractivity contribution in [2.24, 2.45) is 0 Å². The molecule has 19 heavy (non-hydrogen) atoms. The fourth-order valence-corrected chi connectivity index (χ4v) is 4.27. The third-order valence-electron chi connectivity index (χ3n) is 3.97. The minimum atomic E-state index is 0. The molecule has 0 fully saturated rings. The first kappa shape index (κ1) is 19.4. The molecular formula is C16H25P2Sc. The van der Waals surface area contributed by atoms with Gasteiger partial charge in [0.1, 0.15) is 0 Å². The first-order valence-electron chi connectivity index (χ1n) is 6.39. The molecule has 102 valence electrons. The number of aryl methyl sites for hydroxylation is 4. The van der Waals surface area contributed by atoms with Crippen molar-refractivity contribution in [3.63, 3.8) is 0 Å². The van der Waals surface area contributed by atoms with E-state index in [1.54, 1.807) is 0 Å². The average molecular weight is 324 g/mol. The Morgan fingerprint density at radius 3 is 1.00 bits per heavy atom. The van der Waals surface area contributed by atoms with Gasteiger partial charge in [0.05, 0.1) is 0 Å². The molecule has 0 nitrogen and oxygen atoms in total. The van der Waals surface area contributed by atoms with E-state index >= 15 is 0 Å². The zero-order valence-electron chi connectivity index (χ0n) is 14.5. The molecule has 0 saturated heterocycles. The van der Waals surface area contributed by atoms with Crippen LogP contribution in [0.1, 0.15) is 44.9 Å². The Kier molecular flexibility index (Phi) is 8.20. The fraction of sp³-hybridized carbons (Fsp3) is 0.500. The normalized spacial score (nSPS) is 10.5. The van der Waals surface area contributed by atoms with Crippen molar-refractivity contribution in [3.8, 4) is 0 Å². The Balaban J connectivity index is 0. The fourth-order valence-electron chi connectivity index (χ4n) is 1.92. The zero-order chi connectivity index (χ0) is 14.0. The molecule has 0 aliphatic rings. The molecule has 2 heterocycles. The molecule has 0 amide bonds. The SMILES string of the molecule is Cc1p[c-](C)c(C)c1C.Cc1p[c-](C)c(C)c1C.[H-].[Sc+3]. The van der Waals surface area contributed by atoms with Crippen LogP contribution in [-0.2, 0) is 25.8 Å². The van der Waals surface area contributed by atoms with Crippen LogP contribution >= 0.6 is 16.4 Å². The van der Waals surface area contributed by atoms with Crippen molar-refractivity contribution in [2.45, 2.75) is 55.4 Å². The molecule has 0 aliphatic heterocycles. The van der Waals surface area contributed by atoms with Crippen LogP contribution in [0.4, 0.5) is 0 Å². The Hall–Kier alpha value is 0.430. The summed E-state index contributed by atoms with van der Waals surface area (Å²) in [5.74, 6) is 0. The third kappa shape index (κ3) is 4.73. The number of hydrogen-bond acceptors (Lipinski definition) is 0. The van der Waals surface area contributed by atoms with E-state index in [1.165, 1.54) is 59.8 Å². The van der Waals surface area contributed by atoms with Gasteiger partial charge in [-0.2, -0.15) is 32.8 Å². The first-order chi connectivity index (χ1) is 8.25. The van der Waals surface area contributed by atoms with Crippen LogP contribution in [0, 0.1) is 55.4 Å². The first-order valence-corrected chi connectivity index (χ1v) is 8.18. The van der Waals surface area contributed by atoms with Crippen molar-refractivity contribution in [3.05, 3.63) is 43.4 Å². The quantitative estimate of drug-likeness (QED) is 0.482. The Labute approximate surface area is 142 Å². The maximum atomic E-state index is 2.21. The van der Waals surface area contributed by atoms with Gasteiger partial charge in [0.25, 0.3) is 0 Å². The van der Waals surface area contributed by atoms with E-state index in [4.69, 9.17) is 0 Å². The maximum absolute atomic E-state index is 2.21. The number of hydrogen-bond donors (Lipinski definition) is 0. The summed E-state index contributed by atoms with van der Waals surface area (Å²) in [6.45, 7) is 17.6. The summed E-state index contributed by atoms with van der Waals surface area (Å²) in [5, 5.41) is 6.07. The minimum Gasteiger partial charge on any atom is -1.00 e. The second-order valence-electron chi connectivity index (χ2n) is 5.07. The Bertz CT molecular complexity index is 458. The van der Waals surface area contributed by atoms with Gasteiger partial charge in [-0.1, -0.05) is 55.4 Å². The average Bonchev–Trinajstić information content (AvgIpc) is 2.66. The topological polar surface area (TPSA) is 0 Å². The summed E-state index contributed by atoms with van der Waals surface area (Å²) >= 11 is 0. The van der Waals surface area contributed by atoms with Crippen LogP contribution in [0.25, 0.3) is 0 Å². The van der Waals surface area contributed by atoms with Gasteiger partial charge in [-0.05, 0) is 0 Å².